The predicted octanol–water partition coefficient (Wildman–Crippen LogP) is 2.17. The molecule has 0 aromatic heterocycles. The van der Waals surface area contributed by atoms with Gasteiger partial charge in [-0.3, -0.25) is 4.79 Å². The Morgan fingerprint density at radius 1 is 0.800 bits per heavy atom. The fourth-order valence-electron chi connectivity index (χ4n) is 1.96. The van der Waals surface area contributed by atoms with Crippen LogP contribution in [0.3, 0.4) is 0 Å². The summed E-state index contributed by atoms with van der Waals surface area (Å²) in [5.74, 6) is -0.0107. The minimum atomic E-state index is -0.0107. The molecule has 1 amide bonds. The van der Waals surface area contributed by atoms with E-state index in [9.17, 15) is 4.79 Å². The van der Waals surface area contributed by atoms with Gasteiger partial charge in [-0.25, -0.2) is 0 Å². The Morgan fingerprint density at radius 2 is 1.32 bits per heavy atom. The molecule has 0 heterocycles. The lowest BCUT2D eigenvalue weighted by molar-refractivity contribution is -0.122. The van der Waals surface area contributed by atoms with Crippen molar-refractivity contribution in [3.8, 4) is 0 Å². The van der Waals surface area contributed by atoms with E-state index in [1.54, 1.807) is 0 Å². The summed E-state index contributed by atoms with van der Waals surface area (Å²) in [5, 5.41) is 2.87. The molecule has 0 saturated carbocycles. The highest BCUT2D eigenvalue weighted by atomic mass is 16.6. The highest BCUT2D eigenvalue weighted by Gasteiger charge is 2.01. The van der Waals surface area contributed by atoms with Gasteiger partial charge in [0.05, 0.1) is 46.2 Å². The van der Waals surface area contributed by atoms with Gasteiger partial charge in [0.1, 0.15) is 0 Å². The van der Waals surface area contributed by atoms with Crippen LogP contribution in [0.25, 0.3) is 0 Å². The molecule has 0 radical (unpaired) electrons. The Hall–Kier alpha value is -1.47. The van der Waals surface area contributed by atoms with Crippen molar-refractivity contribution in [2.75, 3.05) is 52.9 Å². The van der Waals surface area contributed by atoms with Crippen LogP contribution in [-0.2, 0) is 30.3 Å². The molecule has 1 aromatic rings. The van der Waals surface area contributed by atoms with Crippen LogP contribution >= 0.6 is 0 Å². The van der Waals surface area contributed by atoms with E-state index < -0.39 is 0 Å². The van der Waals surface area contributed by atoms with Crippen LogP contribution < -0.4 is 5.32 Å². The molecule has 0 atom stereocenters. The summed E-state index contributed by atoms with van der Waals surface area (Å²) in [6.07, 6.45) is 1.38. The van der Waals surface area contributed by atoms with Gasteiger partial charge in [0, 0.05) is 19.6 Å². The number of ether oxygens (including phenoxy) is 4. The smallest absolute Gasteiger partial charge is 0.222 e. The maximum atomic E-state index is 11.7. The van der Waals surface area contributed by atoms with Crippen LogP contribution in [-0.4, -0.2) is 58.8 Å². The summed E-state index contributed by atoms with van der Waals surface area (Å²) in [7, 11) is 0. The van der Waals surface area contributed by atoms with Crippen LogP contribution in [0.1, 0.15) is 25.3 Å². The molecule has 0 unspecified atom stereocenters. The lowest BCUT2D eigenvalue weighted by Gasteiger charge is -2.08. The lowest BCUT2D eigenvalue weighted by atomic mass is 10.2. The van der Waals surface area contributed by atoms with Gasteiger partial charge in [-0.2, -0.15) is 0 Å². The van der Waals surface area contributed by atoms with Crippen molar-refractivity contribution in [1.82, 2.24) is 5.32 Å². The molecule has 6 heteroatoms. The zero-order chi connectivity index (χ0) is 18.0. The number of benzene rings is 1. The molecular weight excluding hydrogens is 322 g/mol. The largest absolute Gasteiger partial charge is 0.379 e. The summed E-state index contributed by atoms with van der Waals surface area (Å²) in [6, 6.07) is 9.83. The Morgan fingerprint density at radius 3 is 1.88 bits per heavy atom. The summed E-state index contributed by atoms with van der Waals surface area (Å²) in [4.78, 5) is 11.7. The van der Waals surface area contributed by atoms with Gasteiger partial charge < -0.3 is 24.3 Å². The van der Waals surface area contributed by atoms with E-state index in [1.165, 1.54) is 0 Å². The highest BCUT2D eigenvalue weighted by Crippen LogP contribution is 1.97. The monoisotopic (exact) mass is 353 g/mol. The molecule has 0 fully saturated rings. The van der Waals surface area contributed by atoms with Crippen molar-refractivity contribution in [2.45, 2.75) is 26.3 Å². The van der Waals surface area contributed by atoms with E-state index in [0.29, 0.717) is 59.2 Å². The first-order valence-electron chi connectivity index (χ1n) is 8.94. The standard InChI is InChI=1S/C19H31NO5/c1-2-9-22-11-13-24-15-16-25-14-12-23-10-8-19(21)20-17-18-6-4-3-5-7-18/h3-7H,2,8-17H2,1H3,(H,20,21). The van der Waals surface area contributed by atoms with Crippen molar-refractivity contribution >= 4 is 5.91 Å². The lowest BCUT2D eigenvalue weighted by Crippen LogP contribution is -2.24. The molecule has 0 spiro atoms. The third kappa shape index (κ3) is 13.5. The third-order valence-electron chi connectivity index (χ3n) is 3.27. The Kier molecular flexibility index (Phi) is 13.8. The van der Waals surface area contributed by atoms with E-state index in [0.717, 1.165) is 18.6 Å². The van der Waals surface area contributed by atoms with E-state index in [4.69, 9.17) is 18.9 Å². The number of hydrogen-bond donors (Lipinski definition) is 1. The van der Waals surface area contributed by atoms with Gasteiger partial charge in [-0.1, -0.05) is 37.3 Å². The average molecular weight is 353 g/mol. The molecule has 1 rings (SSSR count). The summed E-state index contributed by atoms with van der Waals surface area (Å²) in [5.41, 5.74) is 1.09. The number of carbonyl (C=O) groups is 1. The molecule has 1 N–H and O–H groups in total. The normalized spacial score (nSPS) is 10.8. The highest BCUT2D eigenvalue weighted by molar-refractivity contribution is 5.75. The first-order chi connectivity index (χ1) is 12.3. The predicted molar refractivity (Wildman–Crippen MR) is 96.5 cm³/mol. The SMILES string of the molecule is CCCOCCOCCOCCOCCC(=O)NCc1ccccc1. The number of hydrogen-bond acceptors (Lipinski definition) is 5. The van der Waals surface area contributed by atoms with Crippen LogP contribution in [0.15, 0.2) is 30.3 Å². The van der Waals surface area contributed by atoms with E-state index >= 15 is 0 Å². The summed E-state index contributed by atoms with van der Waals surface area (Å²) < 4.78 is 21.4. The minimum Gasteiger partial charge on any atom is -0.379 e. The Labute approximate surface area is 150 Å². The van der Waals surface area contributed by atoms with Crippen molar-refractivity contribution in [2.24, 2.45) is 0 Å². The maximum absolute atomic E-state index is 11.7. The molecule has 142 valence electrons. The zero-order valence-electron chi connectivity index (χ0n) is 15.2. The average Bonchev–Trinajstić information content (AvgIpc) is 2.64. The van der Waals surface area contributed by atoms with Crippen LogP contribution in [0.2, 0.25) is 0 Å². The van der Waals surface area contributed by atoms with Gasteiger partial charge in [0.25, 0.3) is 0 Å². The fourth-order valence-corrected chi connectivity index (χ4v) is 1.96. The Bertz CT molecular complexity index is 427. The molecule has 1 aromatic carbocycles. The molecule has 6 nitrogen and oxygen atoms in total. The molecule has 25 heavy (non-hydrogen) atoms. The number of nitrogens with one attached hydrogen (secondary N) is 1. The third-order valence-corrected chi connectivity index (χ3v) is 3.27. The first-order valence-corrected chi connectivity index (χ1v) is 8.94. The number of amides is 1. The van der Waals surface area contributed by atoms with Crippen LogP contribution in [0, 0.1) is 0 Å². The van der Waals surface area contributed by atoms with Crippen molar-refractivity contribution in [1.29, 1.82) is 0 Å². The van der Waals surface area contributed by atoms with Crippen LogP contribution in [0.5, 0.6) is 0 Å². The fraction of sp³-hybridized carbons (Fsp3) is 0.632. The molecule has 0 saturated heterocycles. The molecular formula is C19H31NO5. The maximum Gasteiger partial charge on any atom is 0.222 e. The van der Waals surface area contributed by atoms with Gasteiger partial charge in [0.15, 0.2) is 0 Å². The topological polar surface area (TPSA) is 66.0 Å². The van der Waals surface area contributed by atoms with Crippen molar-refractivity contribution in [3.63, 3.8) is 0 Å². The molecule has 0 aliphatic rings. The molecule has 0 aliphatic carbocycles. The van der Waals surface area contributed by atoms with Crippen LogP contribution in [0.4, 0.5) is 0 Å². The molecule has 0 bridgehead atoms. The van der Waals surface area contributed by atoms with Gasteiger partial charge in [-0.15, -0.1) is 0 Å². The quantitative estimate of drug-likeness (QED) is 0.461. The second-order valence-corrected chi connectivity index (χ2v) is 5.46. The summed E-state index contributed by atoms with van der Waals surface area (Å²) >= 11 is 0. The van der Waals surface area contributed by atoms with Gasteiger partial charge in [-0.05, 0) is 12.0 Å². The van der Waals surface area contributed by atoms with Crippen molar-refractivity contribution in [3.05, 3.63) is 35.9 Å². The Balaban J connectivity index is 1.80. The van der Waals surface area contributed by atoms with E-state index in [2.05, 4.69) is 12.2 Å². The van der Waals surface area contributed by atoms with Crippen molar-refractivity contribution < 1.29 is 23.7 Å². The zero-order valence-corrected chi connectivity index (χ0v) is 15.2. The number of carbonyl (C=O) groups excluding carboxylic acids is 1. The number of rotatable bonds is 16. The second kappa shape index (κ2) is 16.0. The minimum absolute atomic E-state index is 0.0107. The van der Waals surface area contributed by atoms with E-state index in [1.807, 2.05) is 30.3 Å². The molecule has 0 aliphatic heterocycles. The second-order valence-electron chi connectivity index (χ2n) is 5.46. The van der Waals surface area contributed by atoms with E-state index in [-0.39, 0.29) is 5.91 Å². The first kappa shape index (κ1) is 21.6. The van der Waals surface area contributed by atoms with Gasteiger partial charge in [0.2, 0.25) is 5.91 Å². The summed E-state index contributed by atoms with van der Waals surface area (Å²) in [6.45, 7) is 7.09. The van der Waals surface area contributed by atoms with Gasteiger partial charge >= 0.3 is 0 Å².